The van der Waals surface area contributed by atoms with Gasteiger partial charge in [0.25, 0.3) is 5.91 Å². The third kappa shape index (κ3) is 4.89. The molecule has 2 aromatic heterocycles. The monoisotopic (exact) mass is 511 g/mol. The first-order valence-corrected chi connectivity index (χ1v) is 12.8. The van der Waals surface area contributed by atoms with Gasteiger partial charge in [-0.2, -0.15) is 0 Å². The molecule has 8 nitrogen and oxygen atoms in total. The second-order valence-corrected chi connectivity index (χ2v) is 9.97. The second kappa shape index (κ2) is 10.1. The summed E-state index contributed by atoms with van der Waals surface area (Å²) in [6.45, 7) is 5.97. The van der Waals surface area contributed by atoms with Crippen molar-refractivity contribution in [3.8, 4) is 17.0 Å². The van der Waals surface area contributed by atoms with Crippen LogP contribution in [0.4, 0.5) is 8.78 Å². The van der Waals surface area contributed by atoms with Gasteiger partial charge in [-0.3, -0.25) is 9.59 Å². The van der Waals surface area contributed by atoms with Gasteiger partial charge >= 0.3 is 0 Å². The summed E-state index contributed by atoms with van der Waals surface area (Å²) in [5.74, 6) is -0.154. The number of fused-ring (bicyclic) bond motifs is 1. The van der Waals surface area contributed by atoms with Crippen LogP contribution in [0.25, 0.3) is 22.3 Å². The Balaban J connectivity index is 1.45. The Kier molecular flexibility index (Phi) is 6.83. The fraction of sp³-hybridized carbons (Fsp3) is 0.481. The van der Waals surface area contributed by atoms with Crippen LogP contribution in [0.2, 0.25) is 0 Å². The molecule has 5 rings (SSSR count). The Morgan fingerprint density at radius 1 is 1.22 bits per heavy atom. The number of piperidine rings is 1. The fourth-order valence-corrected chi connectivity index (χ4v) is 4.84. The summed E-state index contributed by atoms with van der Waals surface area (Å²) in [6, 6.07) is 2.69. The van der Waals surface area contributed by atoms with Crippen LogP contribution in [-0.2, 0) is 4.79 Å². The zero-order valence-electron chi connectivity index (χ0n) is 21.2. The molecule has 1 aliphatic carbocycles. The van der Waals surface area contributed by atoms with Crippen molar-refractivity contribution >= 4 is 22.8 Å². The summed E-state index contributed by atoms with van der Waals surface area (Å²) in [5.41, 5.74) is 2.47. The molecule has 2 amide bonds. The topological polar surface area (TPSA) is 100 Å². The molecule has 3 aromatic rings. The van der Waals surface area contributed by atoms with Crippen LogP contribution in [-0.4, -0.2) is 63.6 Å². The Morgan fingerprint density at radius 3 is 2.70 bits per heavy atom. The molecule has 37 heavy (non-hydrogen) atoms. The normalized spacial score (nSPS) is 19.8. The number of alkyl halides is 1. The van der Waals surface area contributed by atoms with Gasteiger partial charge in [0, 0.05) is 18.7 Å². The van der Waals surface area contributed by atoms with Crippen LogP contribution in [0.1, 0.15) is 54.2 Å². The van der Waals surface area contributed by atoms with Gasteiger partial charge in [0.05, 0.1) is 35.8 Å². The third-order valence-electron chi connectivity index (χ3n) is 7.22. The van der Waals surface area contributed by atoms with E-state index < -0.39 is 23.9 Å². The maximum absolute atomic E-state index is 15.4. The van der Waals surface area contributed by atoms with Gasteiger partial charge in [0.1, 0.15) is 35.3 Å². The minimum atomic E-state index is -1.38. The number of nitrogens with one attached hydrogen (secondary N) is 2. The smallest absolute Gasteiger partial charge is 0.255 e. The Morgan fingerprint density at radius 2 is 2.00 bits per heavy atom. The number of carbonyl (C=O) groups excluding carboxylic acids is 2. The first-order valence-electron chi connectivity index (χ1n) is 12.8. The zero-order chi connectivity index (χ0) is 26.3. The van der Waals surface area contributed by atoms with E-state index in [4.69, 9.17) is 4.74 Å². The van der Waals surface area contributed by atoms with E-state index >= 15 is 4.39 Å². The van der Waals surface area contributed by atoms with Crippen molar-refractivity contribution in [3.63, 3.8) is 0 Å². The third-order valence-corrected chi connectivity index (χ3v) is 7.22. The van der Waals surface area contributed by atoms with Gasteiger partial charge in [0.15, 0.2) is 0 Å². The van der Waals surface area contributed by atoms with Crippen LogP contribution >= 0.6 is 0 Å². The van der Waals surface area contributed by atoms with Crippen molar-refractivity contribution in [2.45, 2.75) is 58.7 Å². The number of aromatic nitrogens is 3. The quantitative estimate of drug-likeness (QED) is 0.494. The van der Waals surface area contributed by atoms with Crippen LogP contribution in [0.15, 0.2) is 18.5 Å². The van der Waals surface area contributed by atoms with Gasteiger partial charge in [-0.05, 0) is 50.7 Å². The van der Waals surface area contributed by atoms with Crippen molar-refractivity contribution in [2.75, 3.05) is 19.7 Å². The zero-order valence-corrected chi connectivity index (χ0v) is 21.2. The average Bonchev–Trinajstić information content (AvgIpc) is 3.65. The van der Waals surface area contributed by atoms with Crippen LogP contribution in [0.3, 0.4) is 0 Å². The Hall–Kier alpha value is -3.56. The van der Waals surface area contributed by atoms with E-state index in [2.05, 4.69) is 20.3 Å². The number of benzene rings is 1. The molecule has 1 saturated carbocycles. The molecular weight excluding hydrogens is 480 g/mol. The highest BCUT2D eigenvalue weighted by atomic mass is 19.1. The van der Waals surface area contributed by atoms with E-state index in [0.717, 1.165) is 12.8 Å². The van der Waals surface area contributed by atoms with Gasteiger partial charge < -0.3 is 19.9 Å². The number of H-pyrrole nitrogens is 1. The molecular formula is C27H31F2N5O3. The van der Waals surface area contributed by atoms with E-state index in [-0.39, 0.29) is 23.6 Å². The molecule has 0 spiro atoms. The highest BCUT2D eigenvalue weighted by molar-refractivity contribution is 6.09. The van der Waals surface area contributed by atoms with Crippen LogP contribution < -0.4 is 10.1 Å². The van der Waals surface area contributed by atoms with Gasteiger partial charge in [0.2, 0.25) is 5.91 Å². The molecule has 1 aliphatic heterocycles. The maximum Gasteiger partial charge on any atom is 0.255 e. The number of halogens is 2. The molecule has 2 atom stereocenters. The highest BCUT2D eigenvalue weighted by Gasteiger charge is 2.33. The van der Waals surface area contributed by atoms with Crippen molar-refractivity contribution in [1.82, 2.24) is 25.2 Å². The first kappa shape index (κ1) is 25.1. The summed E-state index contributed by atoms with van der Waals surface area (Å²) >= 11 is 0. The van der Waals surface area contributed by atoms with E-state index in [0.29, 0.717) is 65.6 Å². The molecule has 0 bridgehead atoms. The number of ether oxygens (including phenoxy) is 1. The molecule has 3 heterocycles. The number of nitrogens with zero attached hydrogens (tertiary/aromatic N) is 3. The SMILES string of the molecule is CCC(=O)N1CC[C@H](NC(=O)c2c(C)[nH]c3c(-c4c(OCC5CC5)ccc(C)c4F)ncnc23)[C@H](F)C1. The lowest BCUT2D eigenvalue weighted by Crippen LogP contribution is -2.53. The largest absolute Gasteiger partial charge is 0.492 e. The number of hydrogen-bond donors (Lipinski definition) is 2. The number of aryl methyl sites for hydroxylation is 2. The molecule has 196 valence electrons. The molecule has 10 heteroatoms. The molecule has 2 fully saturated rings. The van der Waals surface area contributed by atoms with Crippen LogP contribution in [0, 0.1) is 25.6 Å². The summed E-state index contributed by atoms with van der Waals surface area (Å²) in [5, 5.41) is 2.78. The number of amides is 2. The summed E-state index contributed by atoms with van der Waals surface area (Å²) in [7, 11) is 0. The first-order chi connectivity index (χ1) is 17.8. The van der Waals surface area contributed by atoms with Crippen molar-refractivity contribution < 1.29 is 23.1 Å². The minimum Gasteiger partial charge on any atom is -0.492 e. The van der Waals surface area contributed by atoms with Gasteiger partial charge in [-0.25, -0.2) is 18.7 Å². The summed E-state index contributed by atoms with van der Waals surface area (Å²) < 4.78 is 36.3. The molecule has 2 aliphatic rings. The minimum absolute atomic E-state index is 0.0485. The van der Waals surface area contributed by atoms with Crippen LogP contribution in [0.5, 0.6) is 5.75 Å². The number of likely N-dealkylation sites (tertiary alicyclic amines) is 1. The predicted molar refractivity (Wildman–Crippen MR) is 135 cm³/mol. The lowest BCUT2D eigenvalue weighted by Gasteiger charge is -2.35. The average molecular weight is 512 g/mol. The second-order valence-electron chi connectivity index (χ2n) is 9.97. The summed E-state index contributed by atoms with van der Waals surface area (Å²) in [6.07, 6.45) is 2.75. The van der Waals surface area contributed by atoms with E-state index in [1.54, 1.807) is 32.9 Å². The molecule has 1 saturated heterocycles. The molecule has 0 radical (unpaired) electrons. The van der Waals surface area contributed by atoms with E-state index in [9.17, 15) is 14.0 Å². The van der Waals surface area contributed by atoms with Crippen molar-refractivity contribution in [1.29, 1.82) is 0 Å². The van der Waals surface area contributed by atoms with E-state index in [1.807, 2.05) is 0 Å². The Labute approximate surface area is 213 Å². The van der Waals surface area contributed by atoms with Crippen molar-refractivity contribution in [2.24, 2.45) is 5.92 Å². The fourth-order valence-electron chi connectivity index (χ4n) is 4.84. The lowest BCUT2D eigenvalue weighted by molar-refractivity contribution is -0.133. The number of aromatic amines is 1. The lowest BCUT2D eigenvalue weighted by atomic mass is 10.0. The molecule has 2 N–H and O–H groups in total. The van der Waals surface area contributed by atoms with Gasteiger partial charge in [-0.15, -0.1) is 0 Å². The number of hydrogen-bond acceptors (Lipinski definition) is 5. The molecule has 0 unspecified atom stereocenters. The standard InChI is InChI=1S/C27H31F2N5O3/c1-4-20(35)34-10-9-18(17(28)11-34)33-27(36)21-15(3)32-26-24(21)30-13-31-25(26)22-19(37-12-16-6-7-16)8-5-14(2)23(22)29/h5,8,13,16-18,32H,4,6-7,9-12H2,1-3H3,(H,33,36)/t17-,18+/m1/s1. The van der Waals surface area contributed by atoms with Crippen molar-refractivity contribution in [3.05, 3.63) is 41.1 Å². The number of rotatable bonds is 7. The predicted octanol–water partition coefficient (Wildman–Crippen LogP) is 4.25. The van der Waals surface area contributed by atoms with E-state index in [1.165, 1.54) is 11.2 Å². The highest BCUT2D eigenvalue weighted by Crippen LogP contribution is 2.39. The summed E-state index contributed by atoms with van der Waals surface area (Å²) in [4.78, 5) is 38.6. The Bertz CT molecular complexity index is 1350. The molecule has 1 aromatic carbocycles. The van der Waals surface area contributed by atoms with Gasteiger partial charge in [-0.1, -0.05) is 13.0 Å². The maximum atomic E-state index is 15.4. The number of carbonyl (C=O) groups is 2.